The number of likely N-dealkylation sites (N-methyl/N-ethyl adjacent to an activating group) is 1. The molecule has 0 N–H and O–H groups in total. The van der Waals surface area contributed by atoms with E-state index in [9.17, 15) is 14.0 Å². The van der Waals surface area contributed by atoms with Crippen molar-refractivity contribution in [2.45, 2.75) is 18.8 Å². The first-order chi connectivity index (χ1) is 11.0. The molecule has 0 spiro atoms. The van der Waals surface area contributed by atoms with Gasteiger partial charge in [-0.2, -0.15) is 0 Å². The predicted molar refractivity (Wildman–Crippen MR) is 81.2 cm³/mol. The van der Waals surface area contributed by atoms with Gasteiger partial charge in [-0.15, -0.1) is 0 Å². The van der Waals surface area contributed by atoms with Crippen LogP contribution < -0.4 is 0 Å². The molecule has 23 heavy (non-hydrogen) atoms. The number of benzene rings is 1. The van der Waals surface area contributed by atoms with Crippen molar-refractivity contribution < 1.29 is 14.0 Å². The van der Waals surface area contributed by atoms with Gasteiger partial charge in [0.2, 0.25) is 5.78 Å². The van der Waals surface area contributed by atoms with E-state index in [2.05, 4.69) is 9.97 Å². The Morgan fingerprint density at radius 2 is 1.70 bits per heavy atom. The second kappa shape index (κ2) is 6.24. The van der Waals surface area contributed by atoms with Gasteiger partial charge in [-0.05, 0) is 36.1 Å². The van der Waals surface area contributed by atoms with Crippen molar-refractivity contribution in [3.8, 4) is 0 Å². The van der Waals surface area contributed by atoms with Crippen molar-refractivity contribution in [3.63, 3.8) is 0 Å². The van der Waals surface area contributed by atoms with Crippen LogP contribution in [0.4, 0.5) is 4.39 Å². The summed E-state index contributed by atoms with van der Waals surface area (Å²) in [6.45, 7) is 0.326. The molecule has 6 heteroatoms. The van der Waals surface area contributed by atoms with E-state index in [-0.39, 0.29) is 5.82 Å². The molecule has 118 valence electrons. The van der Waals surface area contributed by atoms with Crippen molar-refractivity contribution in [3.05, 3.63) is 59.4 Å². The number of ketones is 1. The Labute approximate surface area is 133 Å². The Morgan fingerprint density at radius 1 is 1.09 bits per heavy atom. The number of carbonyl (C=O) groups excluding carboxylic acids is 2. The van der Waals surface area contributed by atoms with Gasteiger partial charge in [0, 0.05) is 26.0 Å². The predicted octanol–water partition coefficient (Wildman–Crippen LogP) is 1.53. The molecule has 1 saturated heterocycles. The summed E-state index contributed by atoms with van der Waals surface area (Å²) in [5.74, 6) is -1.37. The van der Waals surface area contributed by atoms with E-state index < -0.39 is 17.6 Å². The first-order valence-electron chi connectivity index (χ1n) is 7.39. The highest BCUT2D eigenvalue weighted by atomic mass is 19.1. The van der Waals surface area contributed by atoms with Crippen LogP contribution in [0.15, 0.2) is 36.7 Å². The summed E-state index contributed by atoms with van der Waals surface area (Å²) in [6, 6.07) is 6.38. The van der Waals surface area contributed by atoms with Crippen molar-refractivity contribution in [1.29, 1.82) is 0 Å². The van der Waals surface area contributed by atoms with Gasteiger partial charge in [0.1, 0.15) is 17.6 Å². The van der Waals surface area contributed by atoms with E-state index in [1.807, 2.05) is 0 Å². The lowest BCUT2D eigenvalue weighted by Gasteiger charge is -2.08. The first kappa shape index (κ1) is 15.3. The number of hydrogen-bond donors (Lipinski definition) is 0. The van der Waals surface area contributed by atoms with Crippen LogP contribution in [0.5, 0.6) is 0 Å². The highest BCUT2D eigenvalue weighted by Gasteiger charge is 2.39. The van der Waals surface area contributed by atoms with Crippen LogP contribution in [0.25, 0.3) is 0 Å². The standard InChI is InChI=1S/C17H16FN3O2/c1-21-10-14(15(22)17(21)23)16-19-8-12(9-20-16)3-2-11-4-6-13(18)7-5-11/h4-9,14H,2-3,10H2,1H3. The molecule has 1 aromatic heterocycles. The fourth-order valence-corrected chi connectivity index (χ4v) is 2.59. The number of likely N-dealkylation sites (tertiary alicyclic amines) is 1. The number of Topliss-reactive ketones (excluding diaryl/α,β-unsaturated/α-hetero) is 1. The lowest BCUT2D eigenvalue weighted by Crippen LogP contribution is -2.22. The average molecular weight is 313 g/mol. The molecule has 1 amide bonds. The van der Waals surface area contributed by atoms with Crippen LogP contribution >= 0.6 is 0 Å². The number of aromatic nitrogens is 2. The smallest absolute Gasteiger partial charge is 0.290 e. The van der Waals surface area contributed by atoms with Crippen molar-refractivity contribution in [1.82, 2.24) is 14.9 Å². The molecule has 0 saturated carbocycles. The van der Waals surface area contributed by atoms with E-state index in [1.54, 1.807) is 31.6 Å². The Kier molecular flexibility index (Phi) is 4.14. The number of amides is 1. The number of hydrogen-bond acceptors (Lipinski definition) is 4. The molecule has 1 aliphatic rings. The minimum absolute atomic E-state index is 0.248. The Morgan fingerprint density at radius 3 is 2.26 bits per heavy atom. The second-order valence-electron chi connectivity index (χ2n) is 5.68. The number of aryl methyl sites for hydroxylation is 2. The minimum Gasteiger partial charge on any atom is -0.338 e. The minimum atomic E-state index is -0.571. The SMILES string of the molecule is CN1CC(c2ncc(CCc3ccc(F)cc3)cn2)C(=O)C1=O. The molecule has 3 rings (SSSR count). The average Bonchev–Trinajstić information content (AvgIpc) is 2.82. The van der Waals surface area contributed by atoms with E-state index >= 15 is 0 Å². The number of nitrogens with zero attached hydrogens (tertiary/aromatic N) is 3. The maximum Gasteiger partial charge on any atom is 0.290 e. The van der Waals surface area contributed by atoms with Gasteiger partial charge in [-0.3, -0.25) is 9.59 Å². The molecule has 1 atom stereocenters. The molecule has 0 bridgehead atoms. The van der Waals surface area contributed by atoms with Gasteiger partial charge >= 0.3 is 0 Å². The second-order valence-corrected chi connectivity index (χ2v) is 5.68. The normalized spacial score (nSPS) is 17.8. The van der Waals surface area contributed by atoms with Gasteiger partial charge in [0.05, 0.1) is 0 Å². The summed E-state index contributed by atoms with van der Waals surface area (Å²) in [6.07, 6.45) is 4.85. The summed E-state index contributed by atoms with van der Waals surface area (Å²) >= 11 is 0. The molecule has 0 aliphatic carbocycles. The van der Waals surface area contributed by atoms with Crippen molar-refractivity contribution >= 4 is 11.7 Å². The third kappa shape index (κ3) is 3.26. The quantitative estimate of drug-likeness (QED) is 0.803. The Bertz CT molecular complexity index is 729. The van der Waals surface area contributed by atoms with E-state index in [1.165, 1.54) is 17.0 Å². The zero-order chi connectivity index (χ0) is 16.4. The van der Waals surface area contributed by atoms with Crippen LogP contribution in [0, 0.1) is 5.82 Å². The fraction of sp³-hybridized carbons (Fsp3) is 0.294. The van der Waals surface area contributed by atoms with Gasteiger partial charge in [-0.25, -0.2) is 14.4 Å². The highest BCUT2D eigenvalue weighted by molar-refractivity contribution is 6.40. The fourth-order valence-electron chi connectivity index (χ4n) is 2.59. The molecule has 1 unspecified atom stereocenters. The molecule has 1 aliphatic heterocycles. The van der Waals surface area contributed by atoms with E-state index in [0.717, 1.165) is 24.0 Å². The molecule has 0 radical (unpaired) electrons. The van der Waals surface area contributed by atoms with Crippen molar-refractivity contribution in [2.24, 2.45) is 0 Å². The van der Waals surface area contributed by atoms with E-state index in [4.69, 9.17) is 0 Å². The monoisotopic (exact) mass is 313 g/mol. The number of halogens is 1. The largest absolute Gasteiger partial charge is 0.338 e. The Hall–Kier alpha value is -2.63. The summed E-state index contributed by atoms with van der Waals surface area (Å²) in [5, 5.41) is 0. The molecule has 1 fully saturated rings. The molecular weight excluding hydrogens is 297 g/mol. The van der Waals surface area contributed by atoms with Crippen LogP contribution in [-0.4, -0.2) is 40.2 Å². The van der Waals surface area contributed by atoms with Crippen LogP contribution in [-0.2, 0) is 22.4 Å². The lowest BCUT2D eigenvalue weighted by molar-refractivity contribution is -0.139. The zero-order valence-corrected chi connectivity index (χ0v) is 12.7. The summed E-state index contributed by atoms with van der Waals surface area (Å²) < 4.78 is 12.9. The maximum atomic E-state index is 12.9. The zero-order valence-electron chi connectivity index (χ0n) is 12.7. The summed E-state index contributed by atoms with van der Waals surface area (Å²) in [7, 11) is 1.59. The summed E-state index contributed by atoms with van der Waals surface area (Å²) in [5.41, 5.74) is 1.97. The summed E-state index contributed by atoms with van der Waals surface area (Å²) in [4.78, 5) is 33.2. The third-order valence-corrected chi connectivity index (χ3v) is 3.98. The highest BCUT2D eigenvalue weighted by Crippen LogP contribution is 2.21. The molecule has 2 aromatic rings. The molecular formula is C17H16FN3O2. The topological polar surface area (TPSA) is 63.2 Å². The lowest BCUT2D eigenvalue weighted by atomic mass is 10.1. The van der Waals surface area contributed by atoms with Gasteiger partial charge in [-0.1, -0.05) is 12.1 Å². The number of rotatable bonds is 4. The van der Waals surface area contributed by atoms with Gasteiger partial charge in [0.15, 0.2) is 0 Å². The number of carbonyl (C=O) groups is 2. The first-order valence-corrected chi connectivity index (χ1v) is 7.39. The van der Waals surface area contributed by atoms with Crippen molar-refractivity contribution in [2.75, 3.05) is 13.6 Å². The van der Waals surface area contributed by atoms with Gasteiger partial charge in [0.25, 0.3) is 5.91 Å². The third-order valence-electron chi connectivity index (χ3n) is 3.98. The van der Waals surface area contributed by atoms with Crippen LogP contribution in [0.3, 0.4) is 0 Å². The van der Waals surface area contributed by atoms with Crippen LogP contribution in [0.2, 0.25) is 0 Å². The molecule has 1 aromatic carbocycles. The van der Waals surface area contributed by atoms with Gasteiger partial charge < -0.3 is 4.90 Å². The Balaban J connectivity index is 1.64. The maximum absolute atomic E-state index is 12.9. The molecule has 2 heterocycles. The van der Waals surface area contributed by atoms with E-state index in [0.29, 0.717) is 12.4 Å². The molecule has 5 nitrogen and oxygen atoms in total. The van der Waals surface area contributed by atoms with Crippen LogP contribution in [0.1, 0.15) is 22.9 Å².